The van der Waals surface area contributed by atoms with E-state index in [9.17, 15) is 8.42 Å². The lowest BCUT2D eigenvalue weighted by molar-refractivity contribution is 0.322. The fourth-order valence-electron chi connectivity index (χ4n) is 3.55. The van der Waals surface area contributed by atoms with Crippen molar-refractivity contribution in [3.63, 3.8) is 0 Å². The molecule has 4 rings (SSSR count). The van der Waals surface area contributed by atoms with E-state index in [1.807, 2.05) is 50.2 Å². The summed E-state index contributed by atoms with van der Waals surface area (Å²) in [6.07, 6.45) is 0. The van der Waals surface area contributed by atoms with E-state index in [0.29, 0.717) is 42.1 Å². The topological polar surface area (TPSA) is 114 Å². The van der Waals surface area contributed by atoms with Crippen LogP contribution in [0.2, 0.25) is 0 Å². The van der Waals surface area contributed by atoms with E-state index >= 15 is 0 Å². The fraction of sp³-hybridized carbons (Fsp3) is 0.185. The highest BCUT2D eigenvalue weighted by molar-refractivity contribution is 7.92. The zero-order valence-electron chi connectivity index (χ0n) is 20.9. The molecule has 0 atom stereocenters. The van der Waals surface area contributed by atoms with Gasteiger partial charge in [0.1, 0.15) is 22.2 Å². The molecule has 192 valence electrons. The molecule has 0 unspecified atom stereocenters. The Labute approximate surface area is 217 Å². The predicted octanol–water partition coefficient (Wildman–Crippen LogP) is 5.87. The number of benzene rings is 3. The summed E-state index contributed by atoms with van der Waals surface area (Å²) in [6.45, 7) is 6.27. The van der Waals surface area contributed by atoms with Crippen LogP contribution in [0.4, 0.5) is 28.8 Å². The van der Waals surface area contributed by atoms with Crippen molar-refractivity contribution in [1.29, 1.82) is 0 Å². The molecule has 1 heterocycles. The summed E-state index contributed by atoms with van der Waals surface area (Å²) in [5.41, 5.74) is 2.81. The van der Waals surface area contributed by atoms with Gasteiger partial charge in [0.25, 0.3) is 10.0 Å². The van der Waals surface area contributed by atoms with Crippen LogP contribution in [-0.4, -0.2) is 31.6 Å². The van der Waals surface area contributed by atoms with Gasteiger partial charge in [0.15, 0.2) is 0 Å². The first kappa shape index (κ1) is 25.8. The number of nitrogens with zero attached hydrogens (tertiary/aromatic N) is 2. The molecule has 0 amide bonds. The number of anilines is 5. The third-order valence-electron chi connectivity index (χ3n) is 5.11. The Hall–Kier alpha value is -4.31. The highest BCUT2D eigenvalue weighted by Gasteiger charge is 2.21. The minimum Gasteiger partial charge on any atom is -0.494 e. The van der Waals surface area contributed by atoms with Crippen LogP contribution in [0.15, 0.2) is 83.8 Å². The van der Waals surface area contributed by atoms with Gasteiger partial charge in [0.2, 0.25) is 5.95 Å². The average Bonchev–Trinajstić information content (AvgIpc) is 2.86. The minimum atomic E-state index is -3.93. The first-order valence-corrected chi connectivity index (χ1v) is 13.3. The minimum absolute atomic E-state index is 0.00843. The number of rotatable bonds is 11. The molecule has 0 saturated carbocycles. The molecule has 1 aromatic heterocycles. The van der Waals surface area contributed by atoms with Crippen molar-refractivity contribution in [2.24, 2.45) is 0 Å². The molecule has 10 heteroatoms. The van der Waals surface area contributed by atoms with Crippen molar-refractivity contribution in [2.75, 3.05) is 28.6 Å². The van der Waals surface area contributed by atoms with E-state index in [1.165, 1.54) is 6.07 Å². The Morgan fingerprint density at radius 2 is 1.43 bits per heavy atom. The summed E-state index contributed by atoms with van der Waals surface area (Å²) in [5, 5.41) is 6.42. The molecule has 3 N–H and O–H groups in total. The quantitative estimate of drug-likeness (QED) is 0.225. The molecule has 3 aromatic carbocycles. The number of aromatic nitrogens is 2. The van der Waals surface area contributed by atoms with Crippen LogP contribution in [0.5, 0.6) is 11.5 Å². The van der Waals surface area contributed by atoms with Crippen molar-refractivity contribution in [3.8, 4) is 11.5 Å². The molecule has 0 aliphatic rings. The summed E-state index contributed by atoms with van der Waals surface area (Å²) < 4.78 is 39.9. The second kappa shape index (κ2) is 11.6. The zero-order valence-corrected chi connectivity index (χ0v) is 21.7. The van der Waals surface area contributed by atoms with Gasteiger partial charge in [-0.25, -0.2) is 13.4 Å². The van der Waals surface area contributed by atoms with Crippen LogP contribution in [0.3, 0.4) is 0 Å². The Morgan fingerprint density at radius 3 is 2.14 bits per heavy atom. The highest BCUT2D eigenvalue weighted by atomic mass is 32.2. The smallest absolute Gasteiger partial charge is 0.265 e. The summed E-state index contributed by atoms with van der Waals surface area (Å²) >= 11 is 0. The first-order valence-electron chi connectivity index (χ1n) is 11.8. The maximum absolute atomic E-state index is 13.2. The Kier molecular flexibility index (Phi) is 8.09. The van der Waals surface area contributed by atoms with Crippen molar-refractivity contribution in [1.82, 2.24) is 9.97 Å². The second-order valence-electron chi connectivity index (χ2n) is 7.99. The van der Waals surface area contributed by atoms with Crippen LogP contribution >= 0.6 is 0 Å². The third-order valence-corrected chi connectivity index (χ3v) is 6.51. The van der Waals surface area contributed by atoms with Gasteiger partial charge < -0.3 is 20.1 Å². The van der Waals surface area contributed by atoms with E-state index in [4.69, 9.17) is 9.47 Å². The molecule has 37 heavy (non-hydrogen) atoms. The van der Waals surface area contributed by atoms with Crippen molar-refractivity contribution in [3.05, 3.63) is 84.6 Å². The van der Waals surface area contributed by atoms with Gasteiger partial charge in [-0.05, 0) is 69.3 Å². The maximum Gasteiger partial charge on any atom is 0.265 e. The molecular formula is C27H29N5O4S. The Bertz CT molecular complexity index is 1450. The molecule has 0 fully saturated rings. The van der Waals surface area contributed by atoms with Gasteiger partial charge in [-0.2, -0.15) is 4.98 Å². The lowest BCUT2D eigenvalue weighted by Gasteiger charge is -2.15. The standard InChI is InChI=1S/C27H29N5O4S/c1-4-35-23-15-16-24(36-5-2)25(18-23)37(33,34)32-22-13-11-21(12-14-22)30-27-28-19(3)17-26(31-27)29-20-9-7-6-8-10-20/h6-18,32H,4-5H2,1-3H3,(H2,28,29,30,31). The summed E-state index contributed by atoms with van der Waals surface area (Å²) in [7, 11) is -3.93. The largest absolute Gasteiger partial charge is 0.494 e. The normalized spacial score (nSPS) is 11.0. The number of para-hydroxylation sites is 1. The van der Waals surface area contributed by atoms with Crippen LogP contribution in [0.25, 0.3) is 0 Å². The summed E-state index contributed by atoms with van der Waals surface area (Å²) in [4.78, 5) is 8.98. The van der Waals surface area contributed by atoms with E-state index in [1.54, 1.807) is 43.3 Å². The second-order valence-corrected chi connectivity index (χ2v) is 9.64. The van der Waals surface area contributed by atoms with Crippen molar-refractivity contribution >= 4 is 38.9 Å². The van der Waals surface area contributed by atoms with Crippen LogP contribution in [-0.2, 0) is 10.0 Å². The lowest BCUT2D eigenvalue weighted by atomic mass is 10.3. The molecular weight excluding hydrogens is 490 g/mol. The molecule has 0 saturated heterocycles. The molecule has 0 spiro atoms. The monoisotopic (exact) mass is 519 g/mol. The average molecular weight is 520 g/mol. The van der Waals surface area contributed by atoms with Crippen molar-refractivity contribution in [2.45, 2.75) is 25.7 Å². The molecule has 9 nitrogen and oxygen atoms in total. The molecule has 0 aliphatic carbocycles. The number of aryl methyl sites for hydroxylation is 1. The fourth-order valence-corrected chi connectivity index (χ4v) is 4.77. The number of sulfonamides is 1. The number of ether oxygens (including phenoxy) is 2. The Balaban J connectivity index is 1.49. The molecule has 0 aliphatic heterocycles. The van der Waals surface area contributed by atoms with E-state index in [-0.39, 0.29) is 10.6 Å². The van der Waals surface area contributed by atoms with Crippen molar-refractivity contribution < 1.29 is 17.9 Å². The van der Waals surface area contributed by atoms with E-state index in [2.05, 4.69) is 25.3 Å². The molecule has 0 bridgehead atoms. The van der Waals surface area contributed by atoms with Gasteiger partial charge in [0, 0.05) is 34.9 Å². The van der Waals surface area contributed by atoms with E-state index in [0.717, 1.165) is 11.4 Å². The van der Waals surface area contributed by atoms with Gasteiger partial charge in [-0.3, -0.25) is 4.72 Å². The van der Waals surface area contributed by atoms with Crippen LogP contribution in [0.1, 0.15) is 19.5 Å². The predicted molar refractivity (Wildman–Crippen MR) is 146 cm³/mol. The zero-order chi connectivity index (χ0) is 26.3. The van der Waals surface area contributed by atoms with Gasteiger partial charge in [-0.1, -0.05) is 18.2 Å². The van der Waals surface area contributed by atoms with Gasteiger partial charge >= 0.3 is 0 Å². The van der Waals surface area contributed by atoms with Gasteiger partial charge in [0.05, 0.1) is 13.2 Å². The van der Waals surface area contributed by atoms with E-state index < -0.39 is 10.0 Å². The van der Waals surface area contributed by atoms with Crippen LogP contribution < -0.4 is 24.8 Å². The number of hydrogen-bond acceptors (Lipinski definition) is 8. The molecule has 0 radical (unpaired) electrons. The number of hydrogen-bond donors (Lipinski definition) is 3. The van der Waals surface area contributed by atoms with Crippen LogP contribution in [0, 0.1) is 6.92 Å². The lowest BCUT2D eigenvalue weighted by Crippen LogP contribution is -2.15. The number of nitrogens with one attached hydrogen (secondary N) is 3. The summed E-state index contributed by atoms with van der Waals surface area (Å²) in [5.74, 6) is 1.78. The third kappa shape index (κ3) is 6.89. The Morgan fingerprint density at radius 1 is 0.757 bits per heavy atom. The van der Waals surface area contributed by atoms with Gasteiger partial charge in [-0.15, -0.1) is 0 Å². The first-order chi connectivity index (χ1) is 17.9. The molecule has 4 aromatic rings. The highest BCUT2D eigenvalue weighted by Crippen LogP contribution is 2.30. The summed E-state index contributed by atoms with van der Waals surface area (Å²) in [6, 6.07) is 23.1. The maximum atomic E-state index is 13.2. The SMILES string of the molecule is CCOc1ccc(OCC)c(S(=O)(=O)Nc2ccc(Nc3nc(C)cc(Nc4ccccc4)n3)cc2)c1.